The summed E-state index contributed by atoms with van der Waals surface area (Å²) in [6.07, 6.45) is 6.85. The van der Waals surface area contributed by atoms with Gasteiger partial charge < -0.3 is 9.88 Å². The summed E-state index contributed by atoms with van der Waals surface area (Å²) in [7, 11) is 0. The van der Waals surface area contributed by atoms with Crippen molar-refractivity contribution in [1.29, 1.82) is 0 Å². The molecule has 0 radical (unpaired) electrons. The zero-order valence-electron chi connectivity index (χ0n) is 11.1. The molecule has 2 heterocycles. The summed E-state index contributed by atoms with van der Waals surface area (Å²) >= 11 is 3.45. The van der Waals surface area contributed by atoms with Crippen molar-refractivity contribution in [2.24, 2.45) is 0 Å². The zero-order valence-corrected chi connectivity index (χ0v) is 12.7. The third-order valence-electron chi connectivity index (χ3n) is 3.80. The molecule has 2 aliphatic carbocycles. The van der Waals surface area contributed by atoms with Gasteiger partial charge in [-0.1, -0.05) is 15.9 Å². The Morgan fingerprint density at radius 2 is 2.10 bits per heavy atom. The van der Waals surface area contributed by atoms with E-state index in [1.165, 1.54) is 31.5 Å². The number of hydrogen-bond donors (Lipinski definition) is 1. The maximum Gasteiger partial charge on any atom is 0.152 e. The quantitative estimate of drug-likeness (QED) is 0.912. The molecule has 0 bridgehead atoms. The Bertz CT molecular complexity index is 630. The second-order valence-electron chi connectivity index (χ2n) is 5.56. The molecule has 2 saturated carbocycles. The van der Waals surface area contributed by atoms with Gasteiger partial charge in [0.25, 0.3) is 0 Å². The van der Waals surface area contributed by atoms with Gasteiger partial charge in [0.15, 0.2) is 5.82 Å². The first kappa shape index (κ1) is 12.3. The van der Waals surface area contributed by atoms with E-state index in [-0.39, 0.29) is 0 Å². The van der Waals surface area contributed by atoms with Crippen LogP contribution in [0.3, 0.4) is 0 Å². The van der Waals surface area contributed by atoms with Gasteiger partial charge in [0.05, 0.1) is 6.54 Å². The van der Waals surface area contributed by atoms with Gasteiger partial charge in [-0.15, -0.1) is 10.2 Å². The van der Waals surface area contributed by atoms with E-state index in [4.69, 9.17) is 0 Å². The van der Waals surface area contributed by atoms with Gasteiger partial charge >= 0.3 is 0 Å². The summed E-state index contributed by atoms with van der Waals surface area (Å²) in [6, 6.07) is 4.52. The third kappa shape index (κ3) is 2.44. The van der Waals surface area contributed by atoms with E-state index in [0.29, 0.717) is 18.5 Å². The number of anilines is 1. The molecule has 2 aromatic heterocycles. The molecule has 0 aromatic carbocycles. The second-order valence-corrected chi connectivity index (χ2v) is 6.48. The van der Waals surface area contributed by atoms with Crippen LogP contribution in [0.2, 0.25) is 0 Å². The molecule has 0 unspecified atom stereocenters. The Morgan fingerprint density at radius 3 is 2.80 bits per heavy atom. The van der Waals surface area contributed by atoms with Gasteiger partial charge in [-0.3, -0.25) is 0 Å². The molecule has 20 heavy (non-hydrogen) atoms. The molecule has 4 rings (SSSR count). The fraction of sp³-hybridized carbons (Fsp3) is 0.500. The lowest BCUT2D eigenvalue weighted by Crippen LogP contribution is -2.10. The first-order valence-corrected chi connectivity index (χ1v) is 7.89. The molecular weight excluding hydrogens is 318 g/mol. The number of aromatic nitrogens is 4. The Labute approximate surface area is 125 Å². The van der Waals surface area contributed by atoms with Crippen molar-refractivity contribution in [3.63, 3.8) is 0 Å². The molecule has 6 heteroatoms. The molecule has 0 aliphatic heterocycles. The van der Waals surface area contributed by atoms with Crippen molar-refractivity contribution in [2.45, 2.75) is 44.2 Å². The van der Waals surface area contributed by atoms with Gasteiger partial charge in [0, 0.05) is 22.6 Å². The lowest BCUT2D eigenvalue weighted by Gasteiger charge is -2.09. The van der Waals surface area contributed by atoms with Gasteiger partial charge in [-0.05, 0) is 37.8 Å². The van der Waals surface area contributed by atoms with E-state index < -0.39 is 0 Å². The Kier molecular flexibility index (Phi) is 2.98. The van der Waals surface area contributed by atoms with Crippen LogP contribution >= 0.6 is 15.9 Å². The highest BCUT2D eigenvalue weighted by Gasteiger charge is 2.36. The molecule has 5 nitrogen and oxygen atoms in total. The molecule has 0 amide bonds. The SMILES string of the molecule is Brc1ccnc(NCc2nnc(C3CC3)n2C2CC2)c1. The molecule has 104 valence electrons. The lowest BCUT2D eigenvalue weighted by molar-refractivity contribution is 0.650. The van der Waals surface area contributed by atoms with Crippen molar-refractivity contribution in [1.82, 2.24) is 19.7 Å². The minimum atomic E-state index is 0.632. The second kappa shape index (κ2) is 4.84. The summed E-state index contributed by atoms with van der Waals surface area (Å²) < 4.78 is 3.39. The third-order valence-corrected chi connectivity index (χ3v) is 4.29. The van der Waals surface area contributed by atoms with Gasteiger partial charge in [-0.25, -0.2) is 4.98 Å². The molecule has 2 aromatic rings. The Balaban J connectivity index is 1.53. The topological polar surface area (TPSA) is 55.6 Å². The maximum absolute atomic E-state index is 4.41. The fourth-order valence-corrected chi connectivity index (χ4v) is 2.81. The highest BCUT2D eigenvalue weighted by Crippen LogP contribution is 2.44. The van der Waals surface area contributed by atoms with Crippen LogP contribution in [0.5, 0.6) is 0 Å². The predicted octanol–water partition coefficient (Wildman–Crippen LogP) is 3.26. The van der Waals surface area contributed by atoms with E-state index in [2.05, 4.69) is 41.0 Å². The normalized spacial score (nSPS) is 18.2. The van der Waals surface area contributed by atoms with E-state index in [9.17, 15) is 0 Å². The predicted molar refractivity (Wildman–Crippen MR) is 79.5 cm³/mol. The van der Waals surface area contributed by atoms with Crippen molar-refractivity contribution in [3.8, 4) is 0 Å². The maximum atomic E-state index is 4.41. The van der Waals surface area contributed by atoms with Crippen LogP contribution in [0.4, 0.5) is 5.82 Å². The first-order chi connectivity index (χ1) is 9.81. The summed E-state index contributed by atoms with van der Waals surface area (Å²) in [6.45, 7) is 0.680. The monoisotopic (exact) mass is 333 g/mol. The molecule has 0 atom stereocenters. The highest BCUT2D eigenvalue weighted by molar-refractivity contribution is 9.10. The summed E-state index contributed by atoms with van der Waals surface area (Å²) in [5.74, 6) is 3.75. The van der Waals surface area contributed by atoms with E-state index >= 15 is 0 Å². The molecule has 2 aliphatic rings. The summed E-state index contributed by atoms with van der Waals surface area (Å²) in [4.78, 5) is 4.30. The Morgan fingerprint density at radius 1 is 1.25 bits per heavy atom. The highest BCUT2D eigenvalue weighted by atomic mass is 79.9. The minimum absolute atomic E-state index is 0.632. The van der Waals surface area contributed by atoms with E-state index in [1.54, 1.807) is 6.20 Å². The lowest BCUT2D eigenvalue weighted by atomic mass is 10.3. The number of hydrogen-bond acceptors (Lipinski definition) is 4. The van der Waals surface area contributed by atoms with Crippen LogP contribution in [0, 0.1) is 0 Å². The average molecular weight is 334 g/mol. The molecule has 2 fully saturated rings. The molecule has 0 saturated heterocycles. The van der Waals surface area contributed by atoms with Crippen LogP contribution in [-0.2, 0) is 6.54 Å². The zero-order chi connectivity index (χ0) is 13.5. The van der Waals surface area contributed by atoms with Crippen LogP contribution in [0.25, 0.3) is 0 Å². The Hall–Kier alpha value is -1.43. The number of rotatable bonds is 5. The molecular formula is C14H16BrN5. The fourth-order valence-electron chi connectivity index (χ4n) is 2.48. The van der Waals surface area contributed by atoms with Crippen LogP contribution < -0.4 is 5.32 Å². The van der Waals surface area contributed by atoms with Crippen molar-refractivity contribution in [2.75, 3.05) is 5.32 Å². The van der Waals surface area contributed by atoms with Gasteiger partial charge in [-0.2, -0.15) is 0 Å². The van der Waals surface area contributed by atoms with Crippen LogP contribution in [-0.4, -0.2) is 19.7 Å². The van der Waals surface area contributed by atoms with Gasteiger partial charge in [0.2, 0.25) is 0 Å². The smallest absolute Gasteiger partial charge is 0.152 e. The number of pyridine rings is 1. The number of nitrogens with zero attached hydrogens (tertiary/aromatic N) is 4. The molecule has 1 N–H and O–H groups in total. The van der Waals surface area contributed by atoms with Crippen molar-refractivity contribution in [3.05, 3.63) is 34.5 Å². The minimum Gasteiger partial charge on any atom is -0.363 e. The number of nitrogens with one attached hydrogen (secondary N) is 1. The largest absolute Gasteiger partial charge is 0.363 e. The van der Waals surface area contributed by atoms with E-state index in [1.807, 2.05) is 12.1 Å². The van der Waals surface area contributed by atoms with E-state index in [0.717, 1.165) is 16.1 Å². The average Bonchev–Trinajstić information content (AvgIpc) is 3.35. The first-order valence-electron chi connectivity index (χ1n) is 7.10. The number of halogens is 1. The standard InChI is InChI=1S/C14H16BrN5/c15-10-5-6-16-12(7-10)17-8-13-18-19-14(9-1-2-9)20(13)11-3-4-11/h5-7,9,11H,1-4,8H2,(H,16,17). The van der Waals surface area contributed by atoms with Crippen molar-refractivity contribution >= 4 is 21.7 Å². The van der Waals surface area contributed by atoms with Gasteiger partial charge in [0.1, 0.15) is 11.6 Å². The summed E-state index contributed by atoms with van der Waals surface area (Å²) in [5, 5.41) is 12.1. The van der Waals surface area contributed by atoms with Crippen LogP contribution in [0.15, 0.2) is 22.8 Å². The summed E-state index contributed by atoms with van der Waals surface area (Å²) in [5.41, 5.74) is 0. The van der Waals surface area contributed by atoms with Crippen LogP contribution in [0.1, 0.15) is 49.3 Å². The van der Waals surface area contributed by atoms with Crippen molar-refractivity contribution < 1.29 is 0 Å². The molecule has 0 spiro atoms.